The van der Waals surface area contributed by atoms with Crippen LogP contribution in [0.15, 0.2) is 18.3 Å². The van der Waals surface area contributed by atoms with Crippen LogP contribution < -0.4 is 16.4 Å². The predicted octanol–water partition coefficient (Wildman–Crippen LogP) is 1.79. The summed E-state index contributed by atoms with van der Waals surface area (Å²) < 4.78 is 7.56. The summed E-state index contributed by atoms with van der Waals surface area (Å²) in [7, 11) is 0. The number of phenols is 1. The smallest absolute Gasteiger partial charge is 0.254 e. The first-order chi connectivity index (χ1) is 14.3. The number of aromatic nitrogens is 3. The average molecular weight is 408 g/mol. The summed E-state index contributed by atoms with van der Waals surface area (Å²) in [6.07, 6.45) is 4.18. The number of hydrogen-bond donors (Lipinski definition) is 3. The number of morpholine rings is 1. The van der Waals surface area contributed by atoms with Gasteiger partial charge in [0, 0.05) is 18.7 Å². The maximum atomic E-state index is 12.3. The Kier molecular flexibility index (Phi) is 4.11. The number of aromatic hydroxyl groups is 1. The van der Waals surface area contributed by atoms with E-state index in [-0.39, 0.29) is 29.3 Å². The van der Waals surface area contributed by atoms with Crippen molar-refractivity contribution in [3.8, 4) is 11.4 Å². The number of rotatable bonds is 3. The number of benzene rings is 1. The third-order valence-electron chi connectivity index (χ3n) is 6.13. The topological polar surface area (TPSA) is 133 Å². The number of hydrogen-bond acceptors (Lipinski definition) is 7. The molecule has 2 bridgehead atoms. The summed E-state index contributed by atoms with van der Waals surface area (Å²) in [5, 5.41) is 10.2. The number of carbonyl (C=O) groups excluding carboxylic acids is 1. The van der Waals surface area contributed by atoms with Crippen molar-refractivity contribution in [1.82, 2.24) is 14.5 Å². The maximum Gasteiger partial charge on any atom is 0.254 e. The molecule has 9 heteroatoms. The minimum absolute atomic E-state index is 0.130. The van der Waals surface area contributed by atoms with Gasteiger partial charge < -0.3 is 26.2 Å². The van der Waals surface area contributed by atoms with Crippen LogP contribution in [0.4, 0.5) is 11.6 Å². The number of aryl methyl sites for hydroxylation is 1. The zero-order valence-corrected chi connectivity index (χ0v) is 16.9. The van der Waals surface area contributed by atoms with Gasteiger partial charge in [0.15, 0.2) is 5.65 Å². The molecule has 2 fully saturated rings. The molecular formula is C21H24N6O3. The van der Waals surface area contributed by atoms with Gasteiger partial charge in [-0.05, 0) is 38.3 Å². The van der Waals surface area contributed by atoms with Gasteiger partial charge in [-0.1, -0.05) is 6.07 Å². The standard InChI is InChI=1S/C21H24N6O3/c1-10-3-6-14(28)11(2)18(10)27-19(22)16(20(23)29)17-21(27)24-7-15(25-17)26-8-12-4-5-13(9-26)30-12/h3,6-7,12-13,28H,4-5,8-9,22H2,1-2H3,(H2,23,29)/t12-,13+. The molecule has 4 heterocycles. The van der Waals surface area contributed by atoms with E-state index in [0.717, 1.165) is 31.5 Å². The van der Waals surface area contributed by atoms with Crippen LogP contribution in [-0.4, -0.2) is 50.8 Å². The molecule has 30 heavy (non-hydrogen) atoms. The van der Waals surface area contributed by atoms with E-state index in [1.807, 2.05) is 6.92 Å². The van der Waals surface area contributed by atoms with E-state index < -0.39 is 5.91 Å². The van der Waals surface area contributed by atoms with Crippen LogP contribution in [0.25, 0.3) is 16.9 Å². The Morgan fingerprint density at radius 2 is 1.93 bits per heavy atom. The average Bonchev–Trinajstić information content (AvgIpc) is 3.20. The lowest BCUT2D eigenvalue weighted by Crippen LogP contribution is -2.43. The second-order valence-corrected chi connectivity index (χ2v) is 8.10. The van der Waals surface area contributed by atoms with E-state index >= 15 is 0 Å². The van der Waals surface area contributed by atoms with Gasteiger partial charge in [-0.25, -0.2) is 9.97 Å². The highest BCUT2D eigenvalue weighted by atomic mass is 16.5. The minimum Gasteiger partial charge on any atom is -0.508 e. The fourth-order valence-electron chi connectivity index (χ4n) is 4.64. The van der Waals surface area contributed by atoms with Gasteiger partial charge in [0.25, 0.3) is 5.91 Å². The Labute approximate surface area is 173 Å². The van der Waals surface area contributed by atoms with Crippen LogP contribution in [0.1, 0.15) is 34.3 Å². The number of primary amides is 1. The van der Waals surface area contributed by atoms with E-state index in [1.165, 1.54) is 0 Å². The summed E-state index contributed by atoms with van der Waals surface area (Å²) in [4.78, 5) is 23.8. The molecule has 0 unspecified atom stereocenters. The molecule has 2 atom stereocenters. The van der Waals surface area contributed by atoms with Crippen molar-refractivity contribution in [3.63, 3.8) is 0 Å². The quantitative estimate of drug-likeness (QED) is 0.602. The summed E-state index contributed by atoms with van der Waals surface area (Å²) in [5.41, 5.74) is 15.2. The SMILES string of the molecule is Cc1ccc(O)c(C)c1-n1c(N)c(C(N)=O)c2nc(N3C[C@H]4CC[C@@H](C3)O4)cnc21. The maximum absolute atomic E-state index is 12.3. The van der Waals surface area contributed by atoms with Crippen molar-refractivity contribution in [2.45, 2.75) is 38.9 Å². The first kappa shape index (κ1) is 18.7. The molecule has 156 valence electrons. The molecule has 0 saturated carbocycles. The van der Waals surface area contributed by atoms with Crippen LogP contribution in [-0.2, 0) is 4.74 Å². The van der Waals surface area contributed by atoms with Crippen LogP contribution in [0.2, 0.25) is 0 Å². The van der Waals surface area contributed by atoms with E-state index in [9.17, 15) is 9.90 Å². The van der Waals surface area contributed by atoms with E-state index in [0.29, 0.717) is 28.2 Å². The molecule has 3 aromatic rings. The van der Waals surface area contributed by atoms with Crippen molar-refractivity contribution in [2.75, 3.05) is 23.7 Å². The number of amides is 1. The molecule has 1 aromatic carbocycles. The molecule has 0 radical (unpaired) electrons. The molecule has 2 saturated heterocycles. The number of nitrogens with two attached hydrogens (primary N) is 2. The van der Waals surface area contributed by atoms with Crippen molar-refractivity contribution in [1.29, 1.82) is 0 Å². The van der Waals surface area contributed by atoms with E-state index in [1.54, 1.807) is 29.8 Å². The van der Waals surface area contributed by atoms with Gasteiger partial charge in [-0.2, -0.15) is 0 Å². The molecule has 5 N–H and O–H groups in total. The fourth-order valence-corrected chi connectivity index (χ4v) is 4.64. The number of phenolic OH excluding ortho intramolecular Hbond substituents is 1. The highest BCUT2D eigenvalue weighted by Gasteiger charge is 2.35. The number of ether oxygens (including phenoxy) is 1. The first-order valence-corrected chi connectivity index (χ1v) is 10.0. The molecule has 9 nitrogen and oxygen atoms in total. The normalized spacial score (nSPS) is 20.8. The minimum atomic E-state index is -0.666. The second kappa shape index (κ2) is 6.60. The second-order valence-electron chi connectivity index (χ2n) is 8.10. The monoisotopic (exact) mass is 408 g/mol. The molecule has 0 spiro atoms. The van der Waals surface area contributed by atoms with Crippen molar-refractivity contribution in [3.05, 3.63) is 35.0 Å². The van der Waals surface area contributed by atoms with Gasteiger partial charge in [0.2, 0.25) is 0 Å². The highest BCUT2D eigenvalue weighted by Crippen LogP contribution is 2.36. The van der Waals surface area contributed by atoms with E-state index in [2.05, 4.69) is 9.88 Å². The Bertz CT molecular complexity index is 1180. The number of nitrogens with zero attached hydrogens (tertiary/aromatic N) is 4. The molecule has 1 amide bonds. The van der Waals surface area contributed by atoms with Crippen molar-refractivity contribution in [2.24, 2.45) is 5.73 Å². The van der Waals surface area contributed by atoms with Crippen LogP contribution in [0, 0.1) is 13.8 Å². The van der Waals surface area contributed by atoms with Crippen LogP contribution in [0.3, 0.4) is 0 Å². The molecule has 0 aliphatic carbocycles. The lowest BCUT2D eigenvalue weighted by atomic mass is 10.1. The van der Waals surface area contributed by atoms with Gasteiger partial charge in [0.05, 0.1) is 24.1 Å². The number of carbonyl (C=O) groups is 1. The van der Waals surface area contributed by atoms with Crippen molar-refractivity contribution < 1.29 is 14.6 Å². The number of fused-ring (bicyclic) bond motifs is 3. The molecule has 2 aliphatic rings. The van der Waals surface area contributed by atoms with Crippen LogP contribution in [0.5, 0.6) is 5.75 Å². The first-order valence-electron chi connectivity index (χ1n) is 10.0. The summed E-state index contributed by atoms with van der Waals surface area (Å²) >= 11 is 0. The van der Waals surface area contributed by atoms with Gasteiger partial charge in [-0.15, -0.1) is 0 Å². The Hall–Kier alpha value is -3.33. The largest absolute Gasteiger partial charge is 0.508 e. The van der Waals surface area contributed by atoms with Gasteiger partial charge in [0.1, 0.15) is 28.5 Å². The number of anilines is 2. The fraction of sp³-hybridized carbons (Fsp3) is 0.381. The lowest BCUT2D eigenvalue weighted by molar-refractivity contribution is 0.0302. The molecular weight excluding hydrogens is 384 g/mol. The van der Waals surface area contributed by atoms with Crippen LogP contribution >= 0.6 is 0 Å². The van der Waals surface area contributed by atoms with Gasteiger partial charge >= 0.3 is 0 Å². The number of nitrogen functional groups attached to an aromatic ring is 1. The Morgan fingerprint density at radius 1 is 1.23 bits per heavy atom. The Balaban J connectivity index is 1.72. The molecule has 2 aromatic heterocycles. The Morgan fingerprint density at radius 3 is 2.60 bits per heavy atom. The summed E-state index contributed by atoms with van der Waals surface area (Å²) in [5.74, 6) is 0.297. The lowest BCUT2D eigenvalue weighted by Gasteiger charge is -2.32. The molecule has 2 aliphatic heterocycles. The summed E-state index contributed by atoms with van der Waals surface area (Å²) in [6.45, 7) is 5.17. The third kappa shape index (κ3) is 2.69. The zero-order chi connectivity index (χ0) is 21.2. The zero-order valence-electron chi connectivity index (χ0n) is 16.9. The summed E-state index contributed by atoms with van der Waals surface area (Å²) in [6, 6.07) is 3.42. The van der Waals surface area contributed by atoms with E-state index in [4.69, 9.17) is 21.2 Å². The van der Waals surface area contributed by atoms with Gasteiger partial charge in [-0.3, -0.25) is 9.36 Å². The predicted molar refractivity (Wildman–Crippen MR) is 113 cm³/mol. The third-order valence-corrected chi connectivity index (χ3v) is 6.13. The molecule has 5 rings (SSSR count). The highest BCUT2D eigenvalue weighted by molar-refractivity contribution is 6.09. The van der Waals surface area contributed by atoms with Crippen molar-refractivity contribution >= 4 is 28.7 Å².